The van der Waals surface area contributed by atoms with Crippen molar-refractivity contribution in [2.75, 3.05) is 5.32 Å². The quantitative estimate of drug-likeness (QED) is 0.794. The largest absolute Gasteiger partial charge is 0.366 e. The Bertz CT molecular complexity index is 625. The first kappa shape index (κ1) is 14.0. The molecular formula is C13H11IN2O2S. The number of thiophene rings is 1. The zero-order valence-corrected chi connectivity index (χ0v) is 12.8. The van der Waals surface area contributed by atoms with Gasteiger partial charge >= 0.3 is 0 Å². The summed E-state index contributed by atoms with van der Waals surface area (Å²) >= 11 is 3.48. The first-order valence-corrected chi connectivity index (χ1v) is 7.43. The van der Waals surface area contributed by atoms with Crippen LogP contribution in [-0.2, 0) is 11.2 Å². The van der Waals surface area contributed by atoms with Crippen LogP contribution in [0.25, 0.3) is 0 Å². The van der Waals surface area contributed by atoms with Gasteiger partial charge in [-0.25, -0.2) is 0 Å². The van der Waals surface area contributed by atoms with Crippen LogP contribution in [0.3, 0.4) is 0 Å². The Morgan fingerprint density at radius 3 is 2.79 bits per heavy atom. The van der Waals surface area contributed by atoms with Crippen molar-refractivity contribution in [3.8, 4) is 0 Å². The highest BCUT2D eigenvalue weighted by Crippen LogP contribution is 2.22. The van der Waals surface area contributed by atoms with Gasteiger partial charge < -0.3 is 11.1 Å². The average molecular weight is 386 g/mol. The van der Waals surface area contributed by atoms with Crippen LogP contribution in [0.4, 0.5) is 5.00 Å². The molecule has 0 aliphatic carbocycles. The van der Waals surface area contributed by atoms with Crippen LogP contribution < -0.4 is 11.1 Å². The number of hydrogen-bond acceptors (Lipinski definition) is 3. The van der Waals surface area contributed by atoms with Crippen molar-refractivity contribution < 1.29 is 9.59 Å². The minimum absolute atomic E-state index is 0.160. The molecule has 1 aromatic heterocycles. The number of benzene rings is 1. The number of amides is 2. The van der Waals surface area contributed by atoms with Gasteiger partial charge in [0.25, 0.3) is 5.91 Å². The van der Waals surface area contributed by atoms with E-state index in [2.05, 4.69) is 27.9 Å². The Morgan fingerprint density at radius 2 is 2.11 bits per heavy atom. The molecule has 0 aliphatic rings. The SMILES string of the molecule is NC(=O)c1ccsc1NC(=O)Cc1cccc(I)c1. The van der Waals surface area contributed by atoms with E-state index in [1.54, 1.807) is 11.4 Å². The summed E-state index contributed by atoms with van der Waals surface area (Å²) < 4.78 is 1.08. The molecule has 0 saturated heterocycles. The third-order valence-corrected chi connectivity index (χ3v) is 3.94. The van der Waals surface area contributed by atoms with Crippen LogP contribution in [0.2, 0.25) is 0 Å². The van der Waals surface area contributed by atoms with Gasteiger partial charge in [-0.1, -0.05) is 12.1 Å². The number of hydrogen-bond donors (Lipinski definition) is 2. The molecule has 2 aromatic rings. The molecule has 98 valence electrons. The number of carbonyl (C=O) groups excluding carboxylic acids is 2. The molecular weight excluding hydrogens is 375 g/mol. The van der Waals surface area contributed by atoms with Crippen molar-refractivity contribution in [1.82, 2.24) is 0 Å². The summed E-state index contributed by atoms with van der Waals surface area (Å²) in [5.41, 5.74) is 6.50. The number of nitrogens with one attached hydrogen (secondary N) is 1. The van der Waals surface area contributed by atoms with Crippen molar-refractivity contribution in [2.24, 2.45) is 5.73 Å². The van der Waals surface area contributed by atoms with E-state index in [-0.39, 0.29) is 12.3 Å². The Balaban J connectivity index is 2.05. The van der Waals surface area contributed by atoms with Gasteiger partial charge in [-0.2, -0.15) is 0 Å². The van der Waals surface area contributed by atoms with Gasteiger partial charge in [0, 0.05) is 3.57 Å². The molecule has 0 aliphatic heterocycles. The van der Waals surface area contributed by atoms with Crippen LogP contribution >= 0.6 is 33.9 Å². The van der Waals surface area contributed by atoms with Crippen molar-refractivity contribution in [3.63, 3.8) is 0 Å². The molecule has 19 heavy (non-hydrogen) atoms. The summed E-state index contributed by atoms with van der Waals surface area (Å²) in [6, 6.07) is 9.32. The monoisotopic (exact) mass is 386 g/mol. The van der Waals surface area contributed by atoms with Crippen LogP contribution in [0.15, 0.2) is 35.7 Å². The van der Waals surface area contributed by atoms with E-state index in [9.17, 15) is 9.59 Å². The molecule has 0 spiro atoms. The zero-order chi connectivity index (χ0) is 13.8. The molecule has 3 N–H and O–H groups in total. The molecule has 0 bridgehead atoms. The molecule has 0 unspecified atom stereocenters. The van der Waals surface area contributed by atoms with Crippen LogP contribution in [-0.4, -0.2) is 11.8 Å². The lowest BCUT2D eigenvalue weighted by molar-refractivity contribution is -0.115. The first-order valence-electron chi connectivity index (χ1n) is 5.48. The van der Waals surface area contributed by atoms with Crippen molar-refractivity contribution in [2.45, 2.75) is 6.42 Å². The summed E-state index contributed by atoms with van der Waals surface area (Å²) in [5, 5.41) is 4.94. The van der Waals surface area contributed by atoms with Crippen molar-refractivity contribution in [3.05, 3.63) is 50.4 Å². The second-order valence-corrected chi connectivity index (χ2v) is 6.04. The van der Waals surface area contributed by atoms with Gasteiger partial charge in [-0.15, -0.1) is 11.3 Å². The molecule has 1 heterocycles. The Kier molecular flexibility index (Phi) is 4.54. The number of nitrogens with two attached hydrogens (primary N) is 1. The third kappa shape index (κ3) is 3.77. The fourth-order valence-corrected chi connectivity index (χ4v) is 3.02. The Morgan fingerprint density at radius 1 is 1.32 bits per heavy atom. The lowest BCUT2D eigenvalue weighted by Gasteiger charge is -2.05. The van der Waals surface area contributed by atoms with E-state index >= 15 is 0 Å². The van der Waals surface area contributed by atoms with Crippen LogP contribution in [0.5, 0.6) is 0 Å². The number of carbonyl (C=O) groups is 2. The molecule has 0 radical (unpaired) electrons. The summed E-state index contributed by atoms with van der Waals surface area (Å²) in [6.07, 6.45) is 0.271. The third-order valence-electron chi connectivity index (χ3n) is 2.44. The van der Waals surface area contributed by atoms with E-state index in [0.717, 1.165) is 9.13 Å². The summed E-state index contributed by atoms with van der Waals surface area (Å²) in [6.45, 7) is 0. The highest BCUT2D eigenvalue weighted by molar-refractivity contribution is 14.1. The van der Waals surface area contributed by atoms with Crippen molar-refractivity contribution >= 4 is 50.7 Å². The van der Waals surface area contributed by atoms with Gasteiger partial charge in [0.05, 0.1) is 12.0 Å². The first-order chi connectivity index (χ1) is 9.06. The second kappa shape index (κ2) is 6.16. The highest BCUT2D eigenvalue weighted by atomic mass is 127. The number of halogens is 1. The van der Waals surface area contributed by atoms with Crippen LogP contribution in [0.1, 0.15) is 15.9 Å². The molecule has 1 aromatic carbocycles. The Labute approximate surface area is 128 Å². The zero-order valence-electron chi connectivity index (χ0n) is 9.85. The van der Waals surface area contributed by atoms with Gasteiger partial charge in [0.2, 0.25) is 5.91 Å². The minimum atomic E-state index is -0.536. The molecule has 4 nitrogen and oxygen atoms in total. The smallest absolute Gasteiger partial charge is 0.251 e. The number of rotatable bonds is 4. The lowest BCUT2D eigenvalue weighted by Crippen LogP contribution is -2.17. The standard InChI is InChI=1S/C13H11IN2O2S/c14-9-3-1-2-8(6-9)7-11(17)16-13-10(12(15)18)4-5-19-13/h1-6H,7H2,(H2,15,18)(H,16,17). The molecule has 0 fully saturated rings. The molecule has 2 amide bonds. The van der Waals surface area contributed by atoms with E-state index in [0.29, 0.717) is 10.6 Å². The summed E-state index contributed by atoms with van der Waals surface area (Å²) in [7, 11) is 0. The molecule has 2 rings (SSSR count). The number of primary amides is 1. The van der Waals surface area contributed by atoms with Gasteiger partial charge in [-0.05, 0) is 51.7 Å². The molecule has 0 saturated carbocycles. The average Bonchev–Trinajstić information content (AvgIpc) is 2.76. The summed E-state index contributed by atoms with van der Waals surface area (Å²) in [5.74, 6) is -0.697. The fraction of sp³-hybridized carbons (Fsp3) is 0.0769. The van der Waals surface area contributed by atoms with Crippen molar-refractivity contribution in [1.29, 1.82) is 0 Å². The van der Waals surface area contributed by atoms with Gasteiger partial charge in [0.15, 0.2) is 0 Å². The Hall–Kier alpha value is -1.41. The van der Waals surface area contributed by atoms with E-state index in [1.807, 2.05) is 24.3 Å². The van der Waals surface area contributed by atoms with E-state index in [4.69, 9.17) is 5.73 Å². The highest BCUT2D eigenvalue weighted by Gasteiger charge is 2.12. The van der Waals surface area contributed by atoms with Crippen LogP contribution in [0, 0.1) is 3.57 Å². The maximum atomic E-state index is 11.9. The van der Waals surface area contributed by atoms with E-state index in [1.165, 1.54) is 11.3 Å². The number of anilines is 1. The maximum absolute atomic E-state index is 11.9. The second-order valence-electron chi connectivity index (χ2n) is 3.88. The summed E-state index contributed by atoms with van der Waals surface area (Å²) in [4.78, 5) is 23.1. The van der Waals surface area contributed by atoms with Gasteiger partial charge in [-0.3, -0.25) is 9.59 Å². The lowest BCUT2D eigenvalue weighted by atomic mass is 10.1. The fourth-order valence-electron chi connectivity index (χ4n) is 1.60. The molecule has 6 heteroatoms. The van der Waals surface area contributed by atoms with Gasteiger partial charge in [0.1, 0.15) is 5.00 Å². The van der Waals surface area contributed by atoms with E-state index < -0.39 is 5.91 Å². The molecule has 0 atom stereocenters. The predicted octanol–water partition coefficient (Wildman–Crippen LogP) is 2.63. The maximum Gasteiger partial charge on any atom is 0.251 e. The normalized spacial score (nSPS) is 10.2. The predicted molar refractivity (Wildman–Crippen MR) is 84.3 cm³/mol. The topological polar surface area (TPSA) is 72.2 Å². The minimum Gasteiger partial charge on any atom is -0.366 e.